The van der Waals surface area contributed by atoms with Gasteiger partial charge in [-0.25, -0.2) is 0 Å². The predicted octanol–water partition coefficient (Wildman–Crippen LogP) is 3.60. The third-order valence-electron chi connectivity index (χ3n) is 5.33. The molecule has 1 heterocycles. The minimum atomic E-state index is 0.584. The van der Waals surface area contributed by atoms with E-state index in [0.717, 1.165) is 5.75 Å². The molecule has 0 aromatic heterocycles. The molecule has 2 heteroatoms. The monoisotopic (exact) mass is 241 g/mol. The number of thiol groups is 1. The first-order chi connectivity index (χ1) is 7.67. The molecule has 0 aromatic rings. The minimum Gasteiger partial charge on any atom is -0.302 e. The second kappa shape index (κ2) is 4.89. The van der Waals surface area contributed by atoms with Crippen molar-refractivity contribution in [2.24, 2.45) is 10.8 Å². The summed E-state index contributed by atoms with van der Waals surface area (Å²) in [6, 6.07) is 0. The van der Waals surface area contributed by atoms with Crippen LogP contribution in [0.25, 0.3) is 0 Å². The number of hydrogen-bond acceptors (Lipinski definition) is 2. The Balaban J connectivity index is 1.89. The molecule has 1 aliphatic heterocycles. The Bertz CT molecular complexity index is 225. The van der Waals surface area contributed by atoms with Crippen molar-refractivity contribution in [3.63, 3.8) is 0 Å². The van der Waals surface area contributed by atoms with Crippen LogP contribution in [0.15, 0.2) is 0 Å². The third-order valence-corrected chi connectivity index (χ3v) is 6.00. The first-order valence-electron chi connectivity index (χ1n) is 7.01. The van der Waals surface area contributed by atoms with E-state index in [1.165, 1.54) is 58.2 Å². The zero-order valence-electron chi connectivity index (χ0n) is 11.0. The summed E-state index contributed by atoms with van der Waals surface area (Å²) in [6.45, 7) is 8.72. The molecule has 0 bridgehead atoms. The van der Waals surface area contributed by atoms with Gasteiger partial charge >= 0.3 is 0 Å². The van der Waals surface area contributed by atoms with Crippen LogP contribution in [-0.2, 0) is 0 Å². The maximum absolute atomic E-state index is 4.57. The van der Waals surface area contributed by atoms with Crippen LogP contribution in [0, 0.1) is 10.8 Å². The summed E-state index contributed by atoms with van der Waals surface area (Å²) in [6.07, 6.45) is 8.39. The molecule has 1 nitrogen and oxygen atoms in total. The summed E-state index contributed by atoms with van der Waals surface area (Å²) in [4.78, 5) is 2.72. The van der Waals surface area contributed by atoms with Crippen molar-refractivity contribution in [2.45, 2.75) is 52.4 Å². The fraction of sp³-hybridized carbons (Fsp3) is 1.00. The van der Waals surface area contributed by atoms with Gasteiger partial charge in [0.2, 0.25) is 0 Å². The van der Waals surface area contributed by atoms with Crippen LogP contribution < -0.4 is 0 Å². The smallest absolute Gasteiger partial charge is 0.00460 e. The SMILES string of the molecule is CCC1(CC)CCN(CC2(CS)CCC2)C1. The maximum atomic E-state index is 4.57. The molecule has 0 radical (unpaired) electrons. The third kappa shape index (κ3) is 2.28. The Morgan fingerprint density at radius 3 is 2.12 bits per heavy atom. The fourth-order valence-electron chi connectivity index (χ4n) is 3.51. The van der Waals surface area contributed by atoms with E-state index in [9.17, 15) is 0 Å². The normalized spacial score (nSPS) is 27.9. The lowest BCUT2D eigenvalue weighted by Crippen LogP contribution is -2.43. The molecule has 16 heavy (non-hydrogen) atoms. The van der Waals surface area contributed by atoms with Crippen LogP contribution in [0.3, 0.4) is 0 Å². The minimum absolute atomic E-state index is 0.584. The average Bonchev–Trinajstić information content (AvgIpc) is 2.68. The van der Waals surface area contributed by atoms with Crippen molar-refractivity contribution >= 4 is 12.6 Å². The second-order valence-corrected chi connectivity index (χ2v) is 6.50. The molecule has 1 aliphatic carbocycles. The quantitative estimate of drug-likeness (QED) is 0.720. The first kappa shape index (κ1) is 12.8. The van der Waals surface area contributed by atoms with E-state index in [4.69, 9.17) is 0 Å². The molecule has 0 spiro atoms. The van der Waals surface area contributed by atoms with E-state index in [-0.39, 0.29) is 0 Å². The van der Waals surface area contributed by atoms with Gasteiger partial charge in [-0.15, -0.1) is 0 Å². The van der Waals surface area contributed by atoms with Gasteiger partial charge in [-0.05, 0) is 55.2 Å². The van der Waals surface area contributed by atoms with Crippen LogP contribution in [-0.4, -0.2) is 30.3 Å². The number of likely N-dealkylation sites (tertiary alicyclic amines) is 1. The molecule has 0 amide bonds. The van der Waals surface area contributed by atoms with E-state index in [1.54, 1.807) is 0 Å². The summed E-state index contributed by atoms with van der Waals surface area (Å²) < 4.78 is 0. The Morgan fingerprint density at radius 2 is 1.75 bits per heavy atom. The van der Waals surface area contributed by atoms with Gasteiger partial charge < -0.3 is 4.90 Å². The molecule has 1 saturated heterocycles. The summed E-state index contributed by atoms with van der Waals surface area (Å²) in [5, 5.41) is 0. The highest BCUT2D eigenvalue weighted by molar-refractivity contribution is 7.80. The van der Waals surface area contributed by atoms with Crippen molar-refractivity contribution in [1.29, 1.82) is 0 Å². The van der Waals surface area contributed by atoms with Crippen LogP contribution in [0.2, 0.25) is 0 Å². The van der Waals surface area contributed by atoms with Gasteiger partial charge in [0.1, 0.15) is 0 Å². The number of nitrogens with zero attached hydrogens (tertiary/aromatic N) is 1. The zero-order valence-corrected chi connectivity index (χ0v) is 11.9. The highest BCUT2D eigenvalue weighted by Gasteiger charge is 2.41. The van der Waals surface area contributed by atoms with E-state index in [0.29, 0.717) is 10.8 Å². The van der Waals surface area contributed by atoms with Crippen LogP contribution in [0.4, 0.5) is 0 Å². The van der Waals surface area contributed by atoms with E-state index >= 15 is 0 Å². The van der Waals surface area contributed by atoms with Gasteiger partial charge in [0.15, 0.2) is 0 Å². The molecular weight excluding hydrogens is 214 g/mol. The Morgan fingerprint density at radius 1 is 1.06 bits per heavy atom. The summed E-state index contributed by atoms with van der Waals surface area (Å²) in [5.41, 5.74) is 1.22. The van der Waals surface area contributed by atoms with Crippen molar-refractivity contribution < 1.29 is 0 Å². The molecule has 0 N–H and O–H groups in total. The molecule has 0 unspecified atom stereocenters. The fourth-order valence-corrected chi connectivity index (χ4v) is 3.92. The molecule has 0 atom stereocenters. The van der Waals surface area contributed by atoms with Gasteiger partial charge in [0.05, 0.1) is 0 Å². The van der Waals surface area contributed by atoms with Gasteiger partial charge in [-0.1, -0.05) is 20.3 Å². The van der Waals surface area contributed by atoms with Gasteiger partial charge in [0, 0.05) is 13.1 Å². The standard InChI is InChI=1S/C14H27NS/c1-3-13(4-2)8-9-15(10-13)11-14(12-16)6-5-7-14/h16H,3-12H2,1-2H3. The molecule has 1 saturated carbocycles. The van der Waals surface area contributed by atoms with Crippen molar-refractivity contribution in [3.8, 4) is 0 Å². The van der Waals surface area contributed by atoms with Gasteiger partial charge in [0.25, 0.3) is 0 Å². The van der Waals surface area contributed by atoms with Gasteiger partial charge in [-0.2, -0.15) is 12.6 Å². The Hall–Kier alpha value is 0.310. The van der Waals surface area contributed by atoms with Crippen LogP contribution in [0.1, 0.15) is 52.4 Å². The van der Waals surface area contributed by atoms with Gasteiger partial charge in [-0.3, -0.25) is 0 Å². The van der Waals surface area contributed by atoms with E-state index < -0.39 is 0 Å². The highest BCUT2D eigenvalue weighted by Crippen LogP contribution is 2.45. The largest absolute Gasteiger partial charge is 0.302 e. The Labute approximate surface area is 106 Å². The van der Waals surface area contributed by atoms with Crippen LogP contribution >= 0.6 is 12.6 Å². The topological polar surface area (TPSA) is 3.24 Å². The molecule has 2 rings (SSSR count). The van der Waals surface area contributed by atoms with Crippen molar-refractivity contribution in [3.05, 3.63) is 0 Å². The lowest BCUT2D eigenvalue weighted by Gasteiger charge is -2.44. The molecule has 0 aromatic carbocycles. The van der Waals surface area contributed by atoms with E-state index in [2.05, 4.69) is 31.4 Å². The lowest BCUT2D eigenvalue weighted by atomic mass is 9.70. The lowest BCUT2D eigenvalue weighted by molar-refractivity contribution is 0.0951. The summed E-state index contributed by atoms with van der Waals surface area (Å²) >= 11 is 4.57. The number of hydrogen-bond donors (Lipinski definition) is 1. The zero-order chi connectivity index (χ0) is 11.6. The predicted molar refractivity (Wildman–Crippen MR) is 74.2 cm³/mol. The summed E-state index contributed by atoms with van der Waals surface area (Å²) in [5.74, 6) is 1.09. The van der Waals surface area contributed by atoms with E-state index in [1.807, 2.05) is 0 Å². The molecule has 2 fully saturated rings. The number of rotatable bonds is 5. The maximum Gasteiger partial charge on any atom is 0.00460 e. The Kier molecular flexibility index (Phi) is 3.90. The second-order valence-electron chi connectivity index (χ2n) is 6.18. The van der Waals surface area contributed by atoms with Crippen molar-refractivity contribution in [2.75, 3.05) is 25.4 Å². The van der Waals surface area contributed by atoms with Crippen LogP contribution in [0.5, 0.6) is 0 Å². The molecule has 2 aliphatic rings. The first-order valence-corrected chi connectivity index (χ1v) is 7.64. The van der Waals surface area contributed by atoms with Crippen molar-refractivity contribution in [1.82, 2.24) is 4.90 Å². The highest BCUT2D eigenvalue weighted by atomic mass is 32.1. The average molecular weight is 241 g/mol. The molecule has 94 valence electrons. The molecular formula is C14H27NS. The summed E-state index contributed by atoms with van der Waals surface area (Å²) in [7, 11) is 0.